The molecule has 0 N–H and O–H groups in total. The average Bonchev–Trinajstić information content (AvgIpc) is 2.87. The molecule has 0 fully saturated rings. The molecule has 0 radical (unpaired) electrons. The fraction of sp³-hybridized carbons (Fsp3) is 0.417. The van der Waals surface area contributed by atoms with Crippen LogP contribution in [0.4, 0.5) is 0 Å². The Balaban J connectivity index is 2.33. The average molecular weight is 310 g/mol. The first kappa shape index (κ1) is 14.9. The molecule has 0 unspecified atom stereocenters. The van der Waals surface area contributed by atoms with Crippen LogP contribution in [0, 0.1) is 0 Å². The molecule has 0 bridgehead atoms. The normalized spacial score (nSPS) is 12.6. The molecule has 1 aromatic heterocycles. The van der Waals surface area contributed by atoms with Gasteiger partial charge < -0.3 is 0 Å². The molecule has 0 saturated carbocycles. The van der Waals surface area contributed by atoms with Gasteiger partial charge in [-0.1, -0.05) is 42.9 Å². The summed E-state index contributed by atoms with van der Waals surface area (Å²) in [4.78, 5) is 0. The highest BCUT2D eigenvalue weighted by atomic mass is 32.2. The Bertz CT molecular complexity index is 677. The minimum Gasteiger partial charge on any atom is -0.220 e. The van der Waals surface area contributed by atoms with Crippen molar-refractivity contribution in [3.8, 4) is 5.69 Å². The highest BCUT2D eigenvalue weighted by Crippen LogP contribution is 2.17. The van der Waals surface area contributed by atoms with Gasteiger partial charge in [-0.25, -0.2) is 8.42 Å². The molecule has 8 heteroatoms. The van der Waals surface area contributed by atoms with Crippen molar-refractivity contribution in [1.82, 2.24) is 20.2 Å². The first-order chi connectivity index (χ1) is 9.30. The van der Waals surface area contributed by atoms with Gasteiger partial charge in [0, 0.05) is 8.07 Å². The number of tetrazole rings is 1. The molecular weight excluding hydrogens is 292 g/mol. The number of hydrogen-bond donors (Lipinski definition) is 0. The minimum absolute atomic E-state index is 0.0815. The molecule has 0 aliphatic rings. The van der Waals surface area contributed by atoms with Crippen molar-refractivity contribution >= 4 is 17.9 Å². The number of aromatic nitrogens is 4. The van der Waals surface area contributed by atoms with Crippen LogP contribution >= 0.6 is 0 Å². The van der Waals surface area contributed by atoms with E-state index in [1.807, 2.05) is 18.2 Å². The predicted octanol–water partition coefficient (Wildman–Crippen LogP) is 1.77. The second-order valence-corrected chi connectivity index (χ2v) is 13.5. The third-order valence-corrected chi connectivity index (χ3v) is 6.51. The molecule has 2 aromatic rings. The highest BCUT2D eigenvalue weighted by molar-refractivity contribution is 7.91. The molecule has 0 aliphatic heterocycles. The van der Waals surface area contributed by atoms with Gasteiger partial charge >= 0.3 is 0 Å². The summed E-state index contributed by atoms with van der Waals surface area (Å²) in [6.07, 6.45) is 0. The molecule has 1 aromatic carbocycles. The van der Waals surface area contributed by atoms with E-state index in [9.17, 15) is 8.42 Å². The molecule has 0 amide bonds. The zero-order chi connectivity index (χ0) is 14.8. The molecule has 0 saturated heterocycles. The third-order valence-electron chi connectivity index (χ3n) is 2.84. The highest BCUT2D eigenvalue weighted by Gasteiger charge is 2.26. The maximum atomic E-state index is 12.4. The molecule has 0 atom stereocenters. The van der Waals surface area contributed by atoms with Crippen molar-refractivity contribution < 1.29 is 8.42 Å². The Morgan fingerprint density at radius 1 is 1.15 bits per heavy atom. The fourth-order valence-corrected chi connectivity index (χ4v) is 5.91. The topological polar surface area (TPSA) is 77.7 Å². The van der Waals surface area contributed by atoms with Crippen LogP contribution in [-0.2, 0) is 9.84 Å². The lowest BCUT2D eigenvalue weighted by Crippen LogP contribution is -2.25. The summed E-state index contributed by atoms with van der Waals surface area (Å²) in [6, 6.07) is 9.72. The largest absolute Gasteiger partial charge is 0.272 e. The third kappa shape index (κ3) is 3.51. The Hall–Kier alpha value is -1.54. The van der Waals surface area contributed by atoms with Gasteiger partial charge in [0.2, 0.25) is 9.84 Å². The number of benzene rings is 1. The number of para-hydroxylation sites is 1. The van der Waals surface area contributed by atoms with E-state index in [1.165, 1.54) is 4.68 Å². The smallest absolute Gasteiger partial charge is 0.220 e. The zero-order valence-electron chi connectivity index (χ0n) is 11.8. The molecule has 0 aliphatic carbocycles. The van der Waals surface area contributed by atoms with Gasteiger partial charge in [0.25, 0.3) is 5.16 Å². The van der Waals surface area contributed by atoms with Crippen molar-refractivity contribution in [2.45, 2.75) is 30.8 Å². The summed E-state index contributed by atoms with van der Waals surface area (Å²) in [7, 11) is -4.90. The SMILES string of the molecule is C[Si](C)(C)CCS(=O)(=O)c1nnnn1-c1ccccc1. The standard InChI is InChI=1S/C12H18N4O2SSi/c1-20(2,3)10-9-19(17,18)12-13-14-15-16(12)11-7-5-4-6-8-11/h4-8H,9-10H2,1-3H3. The molecule has 20 heavy (non-hydrogen) atoms. The molecule has 0 spiro atoms. The Kier molecular flexibility index (Phi) is 4.05. The molecule has 6 nitrogen and oxygen atoms in total. The summed E-state index contributed by atoms with van der Waals surface area (Å²) < 4.78 is 26.1. The van der Waals surface area contributed by atoms with E-state index >= 15 is 0 Å². The first-order valence-electron chi connectivity index (χ1n) is 6.36. The second-order valence-electron chi connectivity index (χ2n) is 5.84. The van der Waals surface area contributed by atoms with Crippen LogP contribution in [0.1, 0.15) is 0 Å². The minimum atomic E-state index is -3.47. The van der Waals surface area contributed by atoms with Crippen molar-refractivity contribution in [3.05, 3.63) is 30.3 Å². The van der Waals surface area contributed by atoms with Gasteiger partial charge in [0.1, 0.15) is 0 Å². The lowest BCUT2D eigenvalue weighted by Gasteiger charge is -2.15. The Morgan fingerprint density at radius 3 is 2.40 bits per heavy atom. The Morgan fingerprint density at radius 2 is 1.80 bits per heavy atom. The van der Waals surface area contributed by atoms with Crippen LogP contribution in [0.5, 0.6) is 0 Å². The summed E-state index contributed by atoms with van der Waals surface area (Å²) in [6.45, 7) is 6.42. The van der Waals surface area contributed by atoms with Gasteiger partial charge in [0.05, 0.1) is 11.4 Å². The van der Waals surface area contributed by atoms with Crippen molar-refractivity contribution in [2.75, 3.05) is 5.75 Å². The Labute approximate surface area is 119 Å². The molecular formula is C12H18N4O2SSi. The van der Waals surface area contributed by atoms with Crippen LogP contribution in [-0.4, -0.2) is 42.5 Å². The van der Waals surface area contributed by atoms with Gasteiger partial charge in [-0.3, -0.25) is 0 Å². The van der Waals surface area contributed by atoms with Crippen LogP contribution in [0.3, 0.4) is 0 Å². The van der Waals surface area contributed by atoms with Crippen molar-refractivity contribution in [1.29, 1.82) is 0 Å². The molecule has 1 heterocycles. The number of nitrogens with zero attached hydrogens (tertiary/aromatic N) is 4. The van der Waals surface area contributed by atoms with E-state index in [-0.39, 0.29) is 10.9 Å². The lowest BCUT2D eigenvalue weighted by molar-refractivity contribution is 0.581. The summed E-state index contributed by atoms with van der Waals surface area (Å²) in [5, 5.41) is 10.9. The van der Waals surface area contributed by atoms with Gasteiger partial charge in [-0.2, -0.15) is 4.68 Å². The van der Waals surface area contributed by atoms with E-state index < -0.39 is 17.9 Å². The van der Waals surface area contributed by atoms with Crippen LogP contribution in [0.15, 0.2) is 35.5 Å². The van der Waals surface area contributed by atoms with Gasteiger partial charge in [-0.05, 0) is 28.6 Å². The predicted molar refractivity (Wildman–Crippen MR) is 79.4 cm³/mol. The zero-order valence-corrected chi connectivity index (χ0v) is 13.6. The fourth-order valence-electron chi connectivity index (χ4n) is 1.64. The summed E-state index contributed by atoms with van der Waals surface area (Å²) in [5.74, 6) is 0.0932. The number of rotatable bonds is 5. The van der Waals surface area contributed by atoms with E-state index in [0.29, 0.717) is 11.7 Å². The summed E-state index contributed by atoms with van der Waals surface area (Å²) >= 11 is 0. The van der Waals surface area contributed by atoms with Crippen molar-refractivity contribution in [2.24, 2.45) is 0 Å². The van der Waals surface area contributed by atoms with E-state index in [0.717, 1.165) is 0 Å². The molecule has 2 rings (SSSR count). The monoisotopic (exact) mass is 310 g/mol. The maximum Gasteiger partial charge on any atom is 0.272 e. The van der Waals surface area contributed by atoms with Gasteiger partial charge in [0.15, 0.2) is 0 Å². The van der Waals surface area contributed by atoms with Gasteiger partial charge in [-0.15, -0.1) is 0 Å². The number of hydrogen-bond acceptors (Lipinski definition) is 5. The van der Waals surface area contributed by atoms with Crippen LogP contribution in [0.2, 0.25) is 25.7 Å². The molecule has 108 valence electrons. The van der Waals surface area contributed by atoms with E-state index in [4.69, 9.17) is 0 Å². The van der Waals surface area contributed by atoms with Crippen molar-refractivity contribution in [3.63, 3.8) is 0 Å². The maximum absolute atomic E-state index is 12.4. The quantitative estimate of drug-likeness (QED) is 0.787. The van der Waals surface area contributed by atoms with E-state index in [2.05, 4.69) is 35.2 Å². The van der Waals surface area contributed by atoms with Crippen LogP contribution < -0.4 is 0 Å². The lowest BCUT2D eigenvalue weighted by atomic mass is 10.3. The second kappa shape index (κ2) is 5.45. The van der Waals surface area contributed by atoms with E-state index in [1.54, 1.807) is 12.1 Å². The van der Waals surface area contributed by atoms with Crippen LogP contribution in [0.25, 0.3) is 5.69 Å². The first-order valence-corrected chi connectivity index (χ1v) is 11.7. The number of sulfone groups is 1. The summed E-state index contributed by atoms with van der Waals surface area (Å²) in [5.41, 5.74) is 0.643.